The third-order valence-electron chi connectivity index (χ3n) is 3.15. The number of halogens is 1. The largest absolute Gasteiger partial charge is 0.251 e. The van der Waals surface area contributed by atoms with Crippen molar-refractivity contribution in [1.29, 1.82) is 0 Å². The van der Waals surface area contributed by atoms with Gasteiger partial charge in [-0.1, -0.05) is 24.1 Å². The van der Waals surface area contributed by atoms with Gasteiger partial charge in [-0.25, -0.2) is 5.01 Å². The SMILES string of the molecule is Cc1cc(Cl)ccc1CNN1CCCCC1. The lowest BCUT2D eigenvalue weighted by molar-refractivity contribution is 0.151. The molecular weight excluding hydrogens is 220 g/mol. The molecule has 88 valence electrons. The Morgan fingerprint density at radius 1 is 1.25 bits per heavy atom. The van der Waals surface area contributed by atoms with E-state index in [9.17, 15) is 0 Å². The van der Waals surface area contributed by atoms with Crippen molar-refractivity contribution in [1.82, 2.24) is 10.4 Å². The van der Waals surface area contributed by atoms with Crippen LogP contribution in [-0.4, -0.2) is 18.1 Å². The molecule has 0 aromatic heterocycles. The summed E-state index contributed by atoms with van der Waals surface area (Å²) in [6.07, 6.45) is 4.00. The predicted molar refractivity (Wildman–Crippen MR) is 68.5 cm³/mol. The average Bonchev–Trinajstić information content (AvgIpc) is 2.29. The number of hydrogen-bond donors (Lipinski definition) is 1. The van der Waals surface area contributed by atoms with E-state index < -0.39 is 0 Å². The first-order valence-corrected chi connectivity index (χ1v) is 6.37. The van der Waals surface area contributed by atoms with Crippen LogP contribution in [0.2, 0.25) is 5.02 Å². The molecule has 0 unspecified atom stereocenters. The van der Waals surface area contributed by atoms with Gasteiger partial charge in [-0.05, 0) is 43.0 Å². The topological polar surface area (TPSA) is 15.3 Å². The van der Waals surface area contributed by atoms with Crippen molar-refractivity contribution in [2.24, 2.45) is 0 Å². The van der Waals surface area contributed by atoms with E-state index in [1.165, 1.54) is 43.5 Å². The maximum absolute atomic E-state index is 5.93. The first-order valence-electron chi connectivity index (χ1n) is 5.99. The number of piperidine rings is 1. The summed E-state index contributed by atoms with van der Waals surface area (Å²) in [4.78, 5) is 0. The first kappa shape index (κ1) is 11.9. The van der Waals surface area contributed by atoms with Crippen LogP contribution in [0.1, 0.15) is 30.4 Å². The quantitative estimate of drug-likeness (QED) is 0.871. The maximum Gasteiger partial charge on any atom is 0.0408 e. The van der Waals surface area contributed by atoms with Crippen LogP contribution in [0.25, 0.3) is 0 Å². The lowest BCUT2D eigenvalue weighted by Crippen LogP contribution is -2.41. The van der Waals surface area contributed by atoms with Gasteiger partial charge in [0.1, 0.15) is 0 Å². The Bertz CT molecular complexity index is 346. The molecule has 2 rings (SSSR count). The first-order chi connectivity index (χ1) is 7.75. The van der Waals surface area contributed by atoms with Gasteiger partial charge in [0.05, 0.1) is 0 Å². The summed E-state index contributed by atoms with van der Waals surface area (Å²) in [5, 5.41) is 3.15. The Kier molecular flexibility index (Phi) is 4.22. The summed E-state index contributed by atoms with van der Waals surface area (Å²) in [5.74, 6) is 0. The minimum absolute atomic E-state index is 0.819. The van der Waals surface area contributed by atoms with Crippen LogP contribution in [0.5, 0.6) is 0 Å². The predicted octanol–water partition coefficient (Wildman–Crippen LogP) is 3.14. The maximum atomic E-state index is 5.93. The molecule has 1 heterocycles. The Hall–Kier alpha value is -0.570. The fraction of sp³-hybridized carbons (Fsp3) is 0.538. The normalized spacial score (nSPS) is 17.6. The molecule has 0 atom stereocenters. The second-order valence-electron chi connectivity index (χ2n) is 4.45. The lowest BCUT2D eigenvalue weighted by atomic mass is 10.1. The smallest absolute Gasteiger partial charge is 0.0408 e. The van der Waals surface area contributed by atoms with Crippen molar-refractivity contribution in [2.45, 2.75) is 32.7 Å². The van der Waals surface area contributed by atoms with Crippen molar-refractivity contribution in [2.75, 3.05) is 13.1 Å². The Balaban J connectivity index is 1.88. The van der Waals surface area contributed by atoms with Crippen LogP contribution in [0, 0.1) is 6.92 Å². The Labute approximate surface area is 103 Å². The van der Waals surface area contributed by atoms with Crippen LogP contribution in [0.3, 0.4) is 0 Å². The molecule has 2 nitrogen and oxygen atoms in total. The van der Waals surface area contributed by atoms with Crippen molar-refractivity contribution < 1.29 is 0 Å². The number of rotatable bonds is 3. The fourth-order valence-corrected chi connectivity index (χ4v) is 2.33. The molecule has 16 heavy (non-hydrogen) atoms. The zero-order chi connectivity index (χ0) is 11.4. The molecule has 1 aliphatic rings. The third kappa shape index (κ3) is 3.21. The summed E-state index contributed by atoms with van der Waals surface area (Å²) in [7, 11) is 0. The molecular formula is C13H19ClN2. The highest BCUT2D eigenvalue weighted by Gasteiger charge is 2.09. The van der Waals surface area contributed by atoms with E-state index in [-0.39, 0.29) is 0 Å². The van der Waals surface area contributed by atoms with E-state index in [2.05, 4.69) is 23.4 Å². The molecule has 1 saturated heterocycles. The van der Waals surface area contributed by atoms with Crippen LogP contribution >= 0.6 is 11.6 Å². The van der Waals surface area contributed by atoms with E-state index in [1.54, 1.807) is 0 Å². The number of hydrazine groups is 1. The highest BCUT2D eigenvalue weighted by molar-refractivity contribution is 6.30. The van der Waals surface area contributed by atoms with Gasteiger partial charge >= 0.3 is 0 Å². The molecule has 0 bridgehead atoms. The van der Waals surface area contributed by atoms with E-state index in [0.717, 1.165) is 11.6 Å². The zero-order valence-electron chi connectivity index (χ0n) is 9.80. The Morgan fingerprint density at radius 3 is 2.69 bits per heavy atom. The van der Waals surface area contributed by atoms with E-state index in [1.807, 2.05) is 12.1 Å². The summed E-state index contributed by atoms with van der Waals surface area (Å²) in [6, 6.07) is 6.09. The van der Waals surface area contributed by atoms with Crippen LogP contribution in [0.4, 0.5) is 0 Å². The molecule has 1 N–H and O–H groups in total. The van der Waals surface area contributed by atoms with Gasteiger partial charge in [-0.15, -0.1) is 0 Å². The number of hydrogen-bond acceptors (Lipinski definition) is 2. The summed E-state index contributed by atoms with van der Waals surface area (Å²) in [5.41, 5.74) is 6.08. The van der Waals surface area contributed by atoms with Crippen molar-refractivity contribution in [3.63, 3.8) is 0 Å². The standard InChI is InChI=1S/C13H19ClN2/c1-11-9-13(14)6-5-12(11)10-15-16-7-3-2-4-8-16/h5-6,9,15H,2-4,7-8,10H2,1H3. The summed E-state index contributed by atoms with van der Waals surface area (Å²) >= 11 is 5.93. The second kappa shape index (κ2) is 5.67. The second-order valence-corrected chi connectivity index (χ2v) is 4.89. The summed E-state index contributed by atoms with van der Waals surface area (Å²) in [6.45, 7) is 5.36. The van der Waals surface area contributed by atoms with Gasteiger partial charge in [0.2, 0.25) is 0 Å². The van der Waals surface area contributed by atoms with Crippen molar-refractivity contribution >= 4 is 11.6 Å². The van der Waals surface area contributed by atoms with E-state index in [0.29, 0.717) is 0 Å². The van der Waals surface area contributed by atoms with Gasteiger partial charge < -0.3 is 0 Å². The van der Waals surface area contributed by atoms with Crippen LogP contribution in [0.15, 0.2) is 18.2 Å². The van der Waals surface area contributed by atoms with Gasteiger partial charge in [0.15, 0.2) is 0 Å². The minimum Gasteiger partial charge on any atom is -0.251 e. The van der Waals surface area contributed by atoms with Crippen LogP contribution < -0.4 is 5.43 Å². The molecule has 1 aromatic carbocycles. The average molecular weight is 239 g/mol. The number of nitrogens with one attached hydrogen (secondary N) is 1. The Morgan fingerprint density at radius 2 is 2.00 bits per heavy atom. The molecule has 3 heteroatoms. The number of nitrogens with zero attached hydrogens (tertiary/aromatic N) is 1. The molecule has 0 amide bonds. The molecule has 0 aliphatic carbocycles. The molecule has 1 fully saturated rings. The highest BCUT2D eigenvalue weighted by Crippen LogP contribution is 2.15. The van der Waals surface area contributed by atoms with Crippen LogP contribution in [-0.2, 0) is 6.54 Å². The molecule has 0 radical (unpaired) electrons. The van der Waals surface area contributed by atoms with Crippen molar-refractivity contribution in [3.05, 3.63) is 34.3 Å². The monoisotopic (exact) mass is 238 g/mol. The van der Waals surface area contributed by atoms with Gasteiger partial charge in [0, 0.05) is 24.7 Å². The third-order valence-corrected chi connectivity index (χ3v) is 3.39. The zero-order valence-corrected chi connectivity index (χ0v) is 10.6. The lowest BCUT2D eigenvalue weighted by Gasteiger charge is -2.27. The molecule has 1 aliphatic heterocycles. The number of aryl methyl sites for hydroxylation is 1. The molecule has 0 spiro atoms. The molecule has 0 saturated carbocycles. The minimum atomic E-state index is 0.819. The highest BCUT2D eigenvalue weighted by atomic mass is 35.5. The van der Waals surface area contributed by atoms with Gasteiger partial charge in [0.25, 0.3) is 0 Å². The van der Waals surface area contributed by atoms with Gasteiger partial charge in [-0.3, -0.25) is 5.43 Å². The molecule has 1 aromatic rings. The van der Waals surface area contributed by atoms with E-state index >= 15 is 0 Å². The van der Waals surface area contributed by atoms with Crippen molar-refractivity contribution in [3.8, 4) is 0 Å². The fourth-order valence-electron chi connectivity index (χ4n) is 2.11. The number of benzene rings is 1. The summed E-state index contributed by atoms with van der Waals surface area (Å²) < 4.78 is 0. The van der Waals surface area contributed by atoms with E-state index in [4.69, 9.17) is 11.6 Å². The van der Waals surface area contributed by atoms with Gasteiger partial charge in [-0.2, -0.15) is 0 Å².